The molecule has 4 heteroatoms. The summed E-state index contributed by atoms with van der Waals surface area (Å²) in [6.45, 7) is 1.23. The third-order valence-electron chi connectivity index (χ3n) is 2.87. The van der Waals surface area contributed by atoms with E-state index < -0.39 is 0 Å². The molecule has 0 fully saturated rings. The van der Waals surface area contributed by atoms with Crippen LogP contribution in [0.1, 0.15) is 24.0 Å². The first-order valence-electron chi connectivity index (χ1n) is 5.86. The average molecular weight is 254 g/mol. The van der Waals surface area contributed by atoms with E-state index in [1.165, 1.54) is 0 Å². The van der Waals surface area contributed by atoms with Gasteiger partial charge in [0.25, 0.3) is 0 Å². The van der Waals surface area contributed by atoms with Gasteiger partial charge in [-0.05, 0) is 30.7 Å². The quantitative estimate of drug-likeness (QED) is 0.875. The van der Waals surface area contributed by atoms with Gasteiger partial charge in [0.15, 0.2) is 0 Å². The van der Waals surface area contributed by atoms with E-state index in [1.54, 1.807) is 0 Å². The average Bonchev–Trinajstić information content (AvgIpc) is 2.74. The zero-order chi connectivity index (χ0) is 12.3. The molecule has 1 aliphatic heterocycles. The van der Waals surface area contributed by atoms with E-state index in [2.05, 4.69) is 0 Å². The summed E-state index contributed by atoms with van der Waals surface area (Å²) in [5, 5.41) is 0.677. The number of hydrogen-bond donors (Lipinski definition) is 1. The molecule has 1 aliphatic rings. The van der Waals surface area contributed by atoms with E-state index in [9.17, 15) is 4.79 Å². The summed E-state index contributed by atoms with van der Waals surface area (Å²) < 4.78 is 5.55. The van der Waals surface area contributed by atoms with Crippen LogP contribution in [0.15, 0.2) is 12.1 Å². The van der Waals surface area contributed by atoms with Crippen LogP contribution in [0.5, 0.6) is 5.75 Å². The fourth-order valence-corrected chi connectivity index (χ4v) is 2.34. The van der Waals surface area contributed by atoms with Crippen LogP contribution in [0, 0.1) is 0 Å². The molecule has 0 bridgehead atoms. The number of hydrogen-bond acceptors (Lipinski definition) is 3. The molecule has 0 radical (unpaired) electrons. The molecule has 0 spiro atoms. The molecule has 0 amide bonds. The van der Waals surface area contributed by atoms with E-state index in [0.717, 1.165) is 29.7 Å². The number of halogens is 1. The van der Waals surface area contributed by atoms with Gasteiger partial charge >= 0.3 is 0 Å². The molecule has 0 unspecified atom stereocenters. The number of carbonyl (C=O) groups excluding carboxylic acids is 1. The summed E-state index contributed by atoms with van der Waals surface area (Å²) in [4.78, 5) is 11.7. The third kappa shape index (κ3) is 2.99. The second kappa shape index (κ2) is 5.52. The molecule has 1 aromatic carbocycles. The van der Waals surface area contributed by atoms with Crippen molar-refractivity contribution in [2.45, 2.75) is 25.7 Å². The summed E-state index contributed by atoms with van der Waals surface area (Å²) in [6, 6.07) is 3.74. The van der Waals surface area contributed by atoms with Crippen LogP contribution in [0.3, 0.4) is 0 Å². The number of carbonyl (C=O) groups is 1. The Morgan fingerprint density at radius 2 is 2.29 bits per heavy atom. The molecular weight excluding hydrogens is 238 g/mol. The Bertz CT molecular complexity index is 432. The molecule has 0 atom stereocenters. The Hall–Kier alpha value is -1.06. The van der Waals surface area contributed by atoms with Gasteiger partial charge in [-0.1, -0.05) is 11.6 Å². The number of benzene rings is 1. The molecule has 0 aromatic heterocycles. The summed E-state index contributed by atoms with van der Waals surface area (Å²) in [7, 11) is 0. The van der Waals surface area contributed by atoms with Crippen molar-refractivity contribution in [3.05, 3.63) is 28.3 Å². The van der Waals surface area contributed by atoms with Gasteiger partial charge < -0.3 is 10.5 Å². The molecular formula is C13H16ClNO2. The highest BCUT2D eigenvalue weighted by Gasteiger charge is 2.18. The second-order valence-electron chi connectivity index (χ2n) is 4.26. The van der Waals surface area contributed by atoms with Crippen molar-refractivity contribution in [3.63, 3.8) is 0 Å². The van der Waals surface area contributed by atoms with Crippen LogP contribution in [-0.4, -0.2) is 18.9 Å². The normalized spacial score (nSPS) is 13.3. The van der Waals surface area contributed by atoms with Gasteiger partial charge in [0.2, 0.25) is 0 Å². The highest BCUT2D eigenvalue weighted by molar-refractivity contribution is 6.30. The maximum atomic E-state index is 11.7. The first-order chi connectivity index (χ1) is 8.20. The topological polar surface area (TPSA) is 52.3 Å². The lowest BCUT2D eigenvalue weighted by Crippen LogP contribution is -2.07. The Balaban J connectivity index is 2.13. The maximum absolute atomic E-state index is 11.7. The van der Waals surface area contributed by atoms with Crippen LogP contribution < -0.4 is 10.5 Å². The predicted molar refractivity (Wildman–Crippen MR) is 67.7 cm³/mol. The minimum Gasteiger partial charge on any atom is -0.493 e. The van der Waals surface area contributed by atoms with Crippen molar-refractivity contribution in [1.82, 2.24) is 0 Å². The molecule has 1 heterocycles. The summed E-state index contributed by atoms with van der Waals surface area (Å²) >= 11 is 6.03. The van der Waals surface area contributed by atoms with Crippen LogP contribution in [-0.2, 0) is 17.6 Å². The van der Waals surface area contributed by atoms with Crippen LogP contribution >= 0.6 is 11.6 Å². The van der Waals surface area contributed by atoms with Gasteiger partial charge in [-0.25, -0.2) is 0 Å². The van der Waals surface area contributed by atoms with E-state index in [-0.39, 0.29) is 5.78 Å². The molecule has 92 valence electrons. The fourth-order valence-electron chi connectivity index (χ4n) is 2.08. The van der Waals surface area contributed by atoms with Gasteiger partial charge in [0, 0.05) is 29.8 Å². The second-order valence-corrected chi connectivity index (χ2v) is 4.70. The third-order valence-corrected chi connectivity index (χ3v) is 3.09. The van der Waals surface area contributed by atoms with Gasteiger partial charge in [-0.15, -0.1) is 0 Å². The fraction of sp³-hybridized carbons (Fsp3) is 0.462. The summed E-state index contributed by atoms with van der Waals surface area (Å²) in [5.74, 6) is 1.05. The molecule has 0 saturated carbocycles. The van der Waals surface area contributed by atoms with E-state index >= 15 is 0 Å². The molecule has 3 nitrogen and oxygen atoms in total. The number of rotatable bonds is 5. The van der Waals surface area contributed by atoms with E-state index in [1.807, 2.05) is 12.1 Å². The van der Waals surface area contributed by atoms with Gasteiger partial charge in [-0.3, -0.25) is 4.79 Å². The van der Waals surface area contributed by atoms with Crippen LogP contribution in [0.2, 0.25) is 5.02 Å². The summed E-state index contributed by atoms with van der Waals surface area (Å²) in [5.41, 5.74) is 7.41. The maximum Gasteiger partial charge on any atom is 0.137 e. The SMILES string of the molecule is NCCCC(=O)Cc1cc(Cl)cc2c1OCC2. The number of nitrogens with two attached hydrogens (primary N) is 1. The monoisotopic (exact) mass is 253 g/mol. The Morgan fingerprint density at radius 1 is 1.47 bits per heavy atom. The minimum absolute atomic E-state index is 0.190. The number of ketones is 1. The molecule has 17 heavy (non-hydrogen) atoms. The zero-order valence-corrected chi connectivity index (χ0v) is 10.4. The first-order valence-corrected chi connectivity index (χ1v) is 6.24. The molecule has 2 rings (SSSR count). The van der Waals surface area contributed by atoms with E-state index in [4.69, 9.17) is 22.1 Å². The standard InChI is InChI=1S/C13H16ClNO2/c14-11-6-9-3-5-17-13(9)10(7-11)8-12(16)2-1-4-15/h6-7H,1-5,8,15H2. The lowest BCUT2D eigenvalue weighted by atomic mass is 10.0. The highest BCUT2D eigenvalue weighted by Crippen LogP contribution is 2.33. The van der Waals surface area contributed by atoms with Crippen molar-refractivity contribution in [1.29, 1.82) is 0 Å². The lowest BCUT2D eigenvalue weighted by molar-refractivity contribution is -0.118. The zero-order valence-electron chi connectivity index (χ0n) is 9.67. The van der Waals surface area contributed by atoms with Crippen molar-refractivity contribution in [2.24, 2.45) is 5.73 Å². The largest absolute Gasteiger partial charge is 0.493 e. The van der Waals surface area contributed by atoms with Crippen LogP contribution in [0.25, 0.3) is 0 Å². The summed E-state index contributed by atoms with van der Waals surface area (Å²) in [6.07, 6.45) is 2.53. The predicted octanol–water partition coefficient (Wildman–Crippen LogP) is 2.13. The van der Waals surface area contributed by atoms with Gasteiger partial charge in [0.1, 0.15) is 11.5 Å². The Morgan fingerprint density at radius 3 is 3.06 bits per heavy atom. The van der Waals surface area contributed by atoms with Crippen molar-refractivity contribution in [2.75, 3.05) is 13.2 Å². The van der Waals surface area contributed by atoms with Gasteiger partial charge in [0.05, 0.1) is 6.61 Å². The van der Waals surface area contributed by atoms with Crippen molar-refractivity contribution >= 4 is 17.4 Å². The lowest BCUT2D eigenvalue weighted by Gasteiger charge is -2.08. The van der Waals surface area contributed by atoms with Crippen LogP contribution in [0.4, 0.5) is 0 Å². The highest BCUT2D eigenvalue weighted by atomic mass is 35.5. The first kappa shape index (κ1) is 12.4. The molecule has 0 saturated heterocycles. The molecule has 1 aromatic rings. The minimum atomic E-state index is 0.190. The Kier molecular flexibility index (Phi) is 4.02. The van der Waals surface area contributed by atoms with E-state index in [0.29, 0.717) is 31.0 Å². The molecule has 0 aliphatic carbocycles. The Labute approximate surface area is 106 Å². The number of fused-ring (bicyclic) bond motifs is 1. The molecule has 2 N–H and O–H groups in total. The number of ether oxygens (including phenoxy) is 1. The van der Waals surface area contributed by atoms with Gasteiger partial charge in [-0.2, -0.15) is 0 Å². The van der Waals surface area contributed by atoms with Crippen molar-refractivity contribution < 1.29 is 9.53 Å². The van der Waals surface area contributed by atoms with Crippen molar-refractivity contribution in [3.8, 4) is 5.75 Å². The smallest absolute Gasteiger partial charge is 0.137 e. The number of Topliss-reactive ketones (excluding diaryl/α,β-unsaturated/α-hetero) is 1.